The number of rotatable bonds is 6. The molecule has 0 bridgehead atoms. The average molecular weight is 529 g/mol. The van der Waals surface area contributed by atoms with Crippen molar-refractivity contribution >= 4 is 40.4 Å². The Morgan fingerprint density at radius 3 is 2.41 bits per heavy atom. The van der Waals surface area contributed by atoms with Gasteiger partial charge in [-0.05, 0) is 35.9 Å². The van der Waals surface area contributed by atoms with Gasteiger partial charge in [-0.3, -0.25) is 24.6 Å². The number of nitrogens with zero attached hydrogens (tertiary/aromatic N) is 2. The summed E-state index contributed by atoms with van der Waals surface area (Å²) < 4.78 is 24.6. The first-order chi connectivity index (χ1) is 17.6. The van der Waals surface area contributed by atoms with Gasteiger partial charge in [0, 0.05) is 17.8 Å². The van der Waals surface area contributed by atoms with E-state index < -0.39 is 51.2 Å². The Hall–Kier alpha value is -4.64. The number of aliphatic hydroxyl groups is 1. The fourth-order valence-electron chi connectivity index (χ4n) is 4.09. The largest absolute Gasteiger partial charge is 0.507 e. The van der Waals surface area contributed by atoms with Crippen molar-refractivity contribution in [3.63, 3.8) is 0 Å². The Kier molecular flexibility index (Phi) is 6.73. The van der Waals surface area contributed by atoms with Crippen molar-refractivity contribution in [3.8, 4) is 17.2 Å². The molecule has 1 amide bonds. The van der Waals surface area contributed by atoms with E-state index in [2.05, 4.69) is 0 Å². The molecule has 1 aliphatic heterocycles. The van der Waals surface area contributed by atoms with Crippen LogP contribution < -0.4 is 14.4 Å². The van der Waals surface area contributed by atoms with Crippen LogP contribution in [0.15, 0.2) is 60.2 Å². The van der Waals surface area contributed by atoms with Crippen molar-refractivity contribution < 1.29 is 38.6 Å². The van der Waals surface area contributed by atoms with Gasteiger partial charge in [-0.25, -0.2) is 4.39 Å². The number of aliphatic hydroxyl groups excluding tert-OH is 1. The molecule has 3 aromatic rings. The van der Waals surface area contributed by atoms with Crippen molar-refractivity contribution in [1.29, 1.82) is 0 Å². The summed E-state index contributed by atoms with van der Waals surface area (Å²) in [4.78, 5) is 38.1. The molecular weight excluding hydrogens is 511 g/mol. The minimum Gasteiger partial charge on any atom is -0.507 e. The topological polar surface area (TPSA) is 139 Å². The quantitative estimate of drug-likeness (QED) is 0.154. The Labute approximate surface area is 213 Å². The summed E-state index contributed by atoms with van der Waals surface area (Å²) in [5.74, 6) is -4.15. The first kappa shape index (κ1) is 25.5. The number of benzene rings is 3. The number of halogens is 2. The summed E-state index contributed by atoms with van der Waals surface area (Å²) in [5, 5.41) is 32.9. The number of carbonyl (C=O) groups is 2. The van der Waals surface area contributed by atoms with Crippen LogP contribution in [-0.2, 0) is 9.59 Å². The number of hydrogen-bond acceptors (Lipinski definition) is 8. The number of ether oxygens (including phenoxy) is 2. The van der Waals surface area contributed by atoms with Crippen LogP contribution in [0.5, 0.6) is 17.2 Å². The molecule has 0 aromatic heterocycles. The predicted octanol–water partition coefficient (Wildman–Crippen LogP) is 4.74. The lowest BCUT2D eigenvalue weighted by atomic mass is 9.94. The second kappa shape index (κ2) is 9.78. The molecule has 1 saturated heterocycles. The van der Waals surface area contributed by atoms with Crippen LogP contribution >= 0.6 is 11.6 Å². The van der Waals surface area contributed by atoms with E-state index in [4.69, 9.17) is 21.1 Å². The van der Waals surface area contributed by atoms with Crippen LogP contribution in [0.4, 0.5) is 15.8 Å². The number of aromatic hydroxyl groups is 1. The van der Waals surface area contributed by atoms with Crippen molar-refractivity contribution in [1.82, 2.24) is 0 Å². The van der Waals surface area contributed by atoms with E-state index in [0.29, 0.717) is 0 Å². The number of phenolic OH excluding ortho intramolecular Hbond substituents is 1. The molecule has 2 N–H and O–H groups in total. The first-order valence-electron chi connectivity index (χ1n) is 10.5. The summed E-state index contributed by atoms with van der Waals surface area (Å²) >= 11 is 6.15. The van der Waals surface area contributed by atoms with Gasteiger partial charge in [0.2, 0.25) is 0 Å². The Balaban J connectivity index is 2.05. The molecule has 1 atom stereocenters. The lowest BCUT2D eigenvalue weighted by Gasteiger charge is -2.25. The van der Waals surface area contributed by atoms with Gasteiger partial charge < -0.3 is 19.7 Å². The monoisotopic (exact) mass is 528 g/mol. The van der Waals surface area contributed by atoms with Gasteiger partial charge >= 0.3 is 5.69 Å². The van der Waals surface area contributed by atoms with Gasteiger partial charge in [0.1, 0.15) is 23.1 Å². The third-order valence-electron chi connectivity index (χ3n) is 5.77. The van der Waals surface area contributed by atoms with E-state index in [0.717, 1.165) is 29.2 Å². The molecule has 3 aromatic carbocycles. The number of nitro benzene ring substituents is 1. The van der Waals surface area contributed by atoms with Crippen molar-refractivity contribution in [2.45, 2.75) is 6.04 Å². The predicted molar refractivity (Wildman–Crippen MR) is 130 cm³/mol. The summed E-state index contributed by atoms with van der Waals surface area (Å²) in [7, 11) is 2.62. The highest BCUT2D eigenvalue weighted by Gasteiger charge is 2.48. The van der Waals surface area contributed by atoms with Crippen LogP contribution in [-0.4, -0.2) is 41.0 Å². The molecule has 10 nitrogen and oxygen atoms in total. The standard InChI is InChI=1S/C25H18ClFN2O8/c1-36-19-11-16(26)20(37-2)10-15(19)23(31)21-22(12-6-7-18(30)17(8-12)29(34)35)28(25(33)24(21)32)14-5-3-4-13(27)9-14/h3-11,22,30-31H,1-2H3/b23-21+. The molecule has 0 spiro atoms. The molecule has 0 saturated carbocycles. The van der Waals surface area contributed by atoms with Crippen LogP contribution in [0.2, 0.25) is 5.02 Å². The highest BCUT2D eigenvalue weighted by molar-refractivity contribution is 6.51. The van der Waals surface area contributed by atoms with Crippen molar-refractivity contribution in [3.05, 3.63) is 92.3 Å². The fourth-order valence-corrected chi connectivity index (χ4v) is 4.32. The maximum absolute atomic E-state index is 14.1. The second-order valence-corrected chi connectivity index (χ2v) is 8.25. The number of hydrogen-bond donors (Lipinski definition) is 2. The molecular formula is C25H18ClFN2O8. The summed E-state index contributed by atoms with van der Waals surface area (Å²) in [5.41, 5.74) is -1.26. The third kappa shape index (κ3) is 4.40. The lowest BCUT2D eigenvalue weighted by molar-refractivity contribution is -0.385. The zero-order valence-corrected chi connectivity index (χ0v) is 20.0. The third-order valence-corrected chi connectivity index (χ3v) is 6.07. The molecule has 37 heavy (non-hydrogen) atoms. The van der Waals surface area contributed by atoms with Crippen LogP contribution in [0, 0.1) is 15.9 Å². The maximum atomic E-state index is 14.1. The first-order valence-corrected chi connectivity index (χ1v) is 10.9. The maximum Gasteiger partial charge on any atom is 0.311 e. The minimum absolute atomic E-state index is 0.00518. The van der Waals surface area contributed by atoms with Crippen LogP contribution in [0.3, 0.4) is 0 Å². The molecule has 12 heteroatoms. The summed E-state index contributed by atoms with van der Waals surface area (Å²) in [6.45, 7) is 0. The Morgan fingerprint density at radius 2 is 1.78 bits per heavy atom. The lowest BCUT2D eigenvalue weighted by Crippen LogP contribution is -2.29. The molecule has 1 fully saturated rings. The molecule has 1 aliphatic rings. The molecule has 0 radical (unpaired) electrons. The number of carbonyl (C=O) groups excluding carboxylic acids is 2. The SMILES string of the molecule is COc1cc(/C(O)=C2\C(=O)C(=O)N(c3cccc(F)c3)C2c2ccc(O)c([N+](=O)[O-])c2)c(OC)cc1Cl. The highest BCUT2D eigenvalue weighted by Crippen LogP contribution is 2.46. The number of anilines is 1. The van der Waals surface area contributed by atoms with Gasteiger partial charge in [-0.15, -0.1) is 0 Å². The fraction of sp³-hybridized carbons (Fsp3) is 0.120. The second-order valence-electron chi connectivity index (χ2n) is 7.84. The highest BCUT2D eigenvalue weighted by atomic mass is 35.5. The zero-order valence-electron chi connectivity index (χ0n) is 19.3. The van der Waals surface area contributed by atoms with Crippen molar-refractivity contribution in [2.24, 2.45) is 0 Å². The number of amides is 1. The van der Waals surface area contributed by atoms with E-state index in [-0.39, 0.29) is 33.3 Å². The molecule has 1 heterocycles. The van der Waals surface area contributed by atoms with Gasteiger partial charge in [-0.1, -0.05) is 23.7 Å². The van der Waals surface area contributed by atoms with Crippen molar-refractivity contribution in [2.75, 3.05) is 19.1 Å². The number of phenols is 1. The minimum atomic E-state index is -1.44. The summed E-state index contributed by atoms with van der Waals surface area (Å²) in [6.07, 6.45) is 0. The van der Waals surface area contributed by atoms with E-state index in [1.807, 2.05) is 0 Å². The smallest absolute Gasteiger partial charge is 0.311 e. The van der Waals surface area contributed by atoms with Gasteiger partial charge in [0.25, 0.3) is 11.7 Å². The van der Waals surface area contributed by atoms with E-state index >= 15 is 0 Å². The van der Waals surface area contributed by atoms with Crippen LogP contribution in [0.25, 0.3) is 5.76 Å². The number of methoxy groups -OCH3 is 2. The van der Waals surface area contributed by atoms with E-state index in [1.54, 1.807) is 0 Å². The van der Waals surface area contributed by atoms with Gasteiger partial charge in [0.05, 0.1) is 41.3 Å². The number of ketones is 1. The molecule has 190 valence electrons. The van der Waals surface area contributed by atoms with E-state index in [9.17, 15) is 34.3 Å². The molecule has 4 rings (SSSR count). The van der Waals surface area contributed by atoms with Crippen LogP contribution in [0.1, 0.15) is 17.2 Å². The Bertz CT molecular complexity index is 1490. The zero-order chi connectivity index (χ0) is 27.0. The summed E-state index contributed by atoms with van der Waals surface area (Å²) in [6, 6.07) is 9.22. The number of nitro groups is 1. The van der Waals surface area contributed by atoms with Gasteiger partial charge in [-0.2, -0.15) is 0 Å². The number of Topliss-reactive ketones (excluding diaryl/α,β-unsaturated/α-hetero) is 1. The normalized spacial score (nSPS) is 16.6. The molecule has 0 aliphatic carbocycles. The van der Waals surface area contributed by atoms with Gasteiger partial charge in [0.15, 0.2) is 5.75 Å². The van der Waals surface area contributed by atoms with E-state index in [1.165, 1.54) is 44.6 Å². The molecule has 1 unspecified atom stereocenters. The Morgan fingerprint density at radius 1 is 1.08 bits per heavy atom. The average Bonchev–Trinajstić information content (AvgIpc) is 3.13.